The van der Waals surface area contributed by atoms with Gasteiger partial charge in [0.2, 0.25) is 5.89 Å². The van der Waals surface area contributed by atoms with E-state index in [2.05, 4.69) is 26.2 Å². The number of fused-ring (bicyclic) bond motifs is 1. The number of halogens is 1. The van der Waals surface area contributed by atoms with Crippen LogP contribution < -0.4 is 5.32 Å². The normalized spacial score (nSPS) is 11.8. The van der Waals surface area contributed by atoms with Crippen LogP contribution in [0.3, 0.4) is 0 Å². The van der Waals surface area contributed by atoms with E-state index in [4.69, 9.17) is 9.15 Å². The minimum Gasteiger partial charge on any atom is -0.449 e. The average Bonchev–Trinajstić information content (AvgIpc) is 3.23. The number of benzene rings is 3. The number of aromatic nitrogens is 1. The predicted molar refractivity (Wildman–Crippen MR) is 122 cm³/mol. The van der Waals surface area contributed by atoms with Crippen LogP contribution in [0.1, 0.15) is 23.7 Å². The van der Waals surface area contributed by atoms with E-state index in [1.54, 1.807) is 43.3 Å². The summed E-state index contributed by atoms with van der Waals surface area (Å²) >= 11 is 3.36. The molecule has 1 heterocycles. The highest BCUT2D eigenvalue weighted by Crippen LogP contribution is 2.28. The molecule has 0 aliphatic carbocycles. The maximum absolute atomic E-state index is 12.9. The van der Waals surface area contributed by atoms with Crippen molar-refractivity contribution in [1.29, 1.82) is 0 Å². The Morgan fingerprint density at radius 3 is 2.48 bits per heavy atom. The SMILES string of the molecule is CCC(OC(=O)c1ccccc1-c1nc2ccccc2o1)C(=O)Nc1ccc(Br)cc1. The molecule has 1 amide bonds. The second-order valence-corrected chi connectivity index (χ2v) is 7.75. The van der Waals surface area contributed by atoms with E-state index in [9.17, 15) is 9.59 Å². The Labute approximate surface area is 187 Å². The number of ether oxygens (including phenoxy) is 1. The number of nitrogens with zero attached hydrogens (tertiary/aromatic N) is 1. The largest absolute Gasteiger partial charge is 0.449 e. The van der Waals surface area contributed by atoms with Gasteiger partial charge in [-0.05, 0) is 55.0 Å². The molecule has 1 N–H and O–H groups in total. The van der Waals surface area contributed by atoms with Gasteiger partial charge in [0.15, 0.2) is 11.7 Å². The first kappa shape index (κ1) is 20.8. The van der Waals surface area contributed by atoms with Crippen LogP contribution in [0.5, 0.6) is 0 Å². The minimum atomic E-state index is -0.937. The smallest absolute Gasteiger partial charge is 0.339 e. The number of rotatable bonds is 6. The molecule has 6 nitrogen and oxygen atoms in total. The van der Waals surface area contributed by atoms with Crippen molar-refractivity contribution < 1.29 is 18.7 Å². The van der Waals surface area contributed by atoms with Crippen LogP contribution in [0.25, 0.3) is 22.6 Å². The Kier molecular flexibility index (Phi) is 6.13. The fourth-order valence-corrected chi connectivity index (χ4v) is 3.37. The number of carbonyl (C=O) groups excluding carboxylic acids is 2. The zero-order chi connectivity index (χ0) is 21.8. The fourth-order valence-electron chi connectivity index (χ4n) is 3.11. The quantitative estimate of drug-likeness (QED) is 0.352. The van der Waals surface area contributed by atoms with Gasteiger partial charge in [-0.1, -0.05) is 47.1 Å². The molecule has 4 aromatic rings. The number of oxazole rings is 1. The van der Waals surface area contributed by atoms with E-state index in [0.29, 0.717) is 34.7 Å². The van der Waals surface area contributed by atoms with Gasteiger partial charge in [0.05, 0.1) is 11.1 Å². The first-order valence-electron chi connectivity index (χ1n) is 9.77. The number of esters is 1. The third-order valence-electron chi connectivity index (χ3n) is 4.70. The first-order chi connectivity index (χ1) is 15.0. The number of amides is 1. The molecule has 0 radical (unpaired) electrons. The van der Waals surface area contributed by atoms with Crippen LogP contribution in [0.2, 0.25) is 0 Å². The van der Waals surface area contributed by atoms with Crippen LogP contribution in [-0.2, 0) is 9.53 Å². The van der Waals surface area contributed by atoms with Gasteiger partial charge in [-0.3, -0.25) is 4.79 Å². The molecule has 1 aromatic heterocycles. The molecule has 1 unspecified atom stereocenters. The van der Waals surface area contributed by atoms with Crippen LogP contribution in [0, 0.1) is 0 Å². The lowest BCUT2D eigenvalue weighted by molar-refractivity contribution is -0.124. The zero-order valence-corrected chi connectivity index (χ0v) is 18.3. The molecule has 0 spiro atoms. The zero-order valence-electron chi connectivity index (χ0n) is 16.7. The number of nitrogens with one attached hydrogen (secondary N) is 1. The van der Waals surface area contributed by atoms with Crippen molar-refractivity contribution in [3.8, 4) is 11.5 Å². The monoisotopic (exact) mass is 478 g/mol. The Bertz CT molecular complexity index is 1200. The van der Waals surface area contributed by atoms with Crippen LogP contribution in [-0.4, -0.2) is 23.0 Å². The molecule has 1 atom stereocenters. The summed E-state index contributed by atoms with van der Waals surface area (Å²) in [5.41, 5.74) is 2.73. The molecule has 3 aromatic carbocycles. The molecule has 0 fully saturated rings. The predicted octanol–water partition coefficient (Wildman–Crippen LogP) is 5.83. The Hall–Kier alpha value is -3.45. The number of anilines is 1. The van der Waals surface area contributed by atoms with Crippen molar-refractivity contribution in [1.82, 2.24) is 4.98 Å². The minimum absolute atomic E-state index is 0.281. The van der Waals surface area contributed by atoms with Crippen LogP contribution in [0.4, 0.5) is 5.69 Å². The summed E-state index contributed by atoms with van der Waals surface area (Å²) in [6.07, 6.45) is -0.605. The van der Waals surface area contributed by atoms with Gasteiger partial charge in [-0.2, -0.15) is 0 Å². The van der Waals surface area contributed by atoms with Gasteiger partial charge in [-0.15, -0.1) is 0 Å². The third-order valence-corrected chi connectivity index (χ3v) is 5.22. The number of carbonyl (C=O) groups is 2. The molecular weight excluding hydrogens is 460 g/mol. The van der Waals surface area contributed by atoms with E-state index in [-0.39, 0.29) is 5.56 Å². The summed E-state index contributed by atoms with van der Waals surface area (Å²) in [6, 6.07) is 21.4. The van der Waals surface area contributed by atoms with Crippen LogP contribution >= 0.6 is 15.9 Å². The average molecular weight is 479 g/mol. The topological polar surface area (TPSA) is 81.4 Å². The molecule has 4 rings (SSSR count). The standard InChI is InChI=1S/C24H19BrN2O4/c1-2-20(22(28)26-16-13-11-15(25)12-14-16)31-24(29)18-8-4-3-7-17(18)23-27-19-9-5-6-10-21(19)30-23/h3-14,20H,2H2,1H3,(H,26,28). The Morgan fingerprint density at radius 2 is 1.74 bits per heavy atom. The van der Waals surface area contributed by atoms with Crippen molar-refractivity contribution >= 4 is 44.6 Å². The highest BCUT2D eigenvalue weighted by molar-refractivity contribution is 9.10. The second kappa shape index (κ2) is 9.14. The third kappa shape index (κ3) is 4.67. The molecule has 31 heavy (non-hydrogen) atoms. The maximum atomic E-state index is 12.9. The highest BCUT2D eigenvalue weighted by atomic mass is 79.9. The molecule has 0 aliphatic rings. The number of hydrogen-bond donors (Lipinski definition) is 1. The molecule has 0 aliphatic heterocycles. The summed E-state index contributed by atoms with van der Waals surface area (Å²) in [5, 5.41) is 2.77. The van der Waals surface area contributed by atoms with Crippen molar-refractivity contribution in [2.45, 2.75) is 19.4 Å². The Balaban J connectivity index is 1.55. The Morgan fingerprint density at radius 1 is 1.03 bits per heavy atom. The van der Waals surface area contributed by atoms with Gasteiger partial charge < -0.3 is 14.5 Å². The van der Waals surface area contributed by atoms with Gasteiger partial charge >= 0.3 is 5.97 Å². The van der Waals surface area contributed by atoms with E-state index < -0.39 is 18.0 Å². The lowest BCUT2D eigenvalue weighted by Crippen LogP contribution is -2.32. The van der Waals surface area contributed by atoms with E-state index >= 15 is 0 Å². The molecule has 7 heteroatoms. The van der Waals surface area contributed by atoms with Crippen molar-refractivity contribution in [3.63, 3.8) is 0 Å². The van der Waals surface area contributed by atoms with Gasteiger partial charge in [0.1, 0.15) is 5.52 Å². The summed E-state index contributed by atoms with van der Waals surface area (Å²) in [5.74, 6) is -0.686. The second-order valence-electron chi connectivity index (χ2n) is 6.83. The summed E-state index contributed by atoms with van der Waals surface area (Å²) < 4.78 is 12.3. The summed E-state index contributed by atoms with van der Waals surface area (Å²) in [6.45, 7) is 1.78. The van der Waals surface area contributed by atoms with Gasteiger partial charge in [-0.25, -0.2) is 9.78 Å². The van der Waals surface area contributed by atoms with Gasteiger partial charge in [0.25, 0.3) is 5.91 Å². The maximum Gasteiger partial charge on any atom is 0.339 e. The summed E-state index contributed by atoms with van der Waals surface area (Å²) in [4.78, 5) is 30.0. The van der Waals surface area contributed by atoms with E-state index in [1.807, 2.05) is 36.4 Å². The van der Waals surface area contributed by atoms with Crippen LogP contribution in [0.15, 0.2) is 81.7 Å². The van der Waals surface area contributed by atoms with Crippen molar-refractivity contribution in [2.24, 2.45) is 0 Å². The van der Waals surface area contributed by atoms with E-state index in [1.165, 1.54) is 0 Å². The molecule has 0 saturated heterocycles. The van der Waals surface area contributed by atoms with Crippen molar-refractivity contribution in [2.75, 3.05) is 5.32 Å². The lowest BCUT2D eigenvalue weighted by Gasteiger charge is -2.17. The molecule has 156 valence electrons. The summed E-state index contributed by atoms with van der Waals surface area (Å²) in [7, 11) is 0. The lowest BCUT2D eigenvalue weighted by atomic mass is 10.1. The molecule has 0 bridgehead atoms. The van der Waals surface area contributed by atoms with Gasteiger partial charge in [0, 0.05) is 10.2 Å². The fraction of sp³-hybridized carbons (Fsp3) is 0.125. The first-order valence-corrected chi connectivity index (χ1v) is 10.6. The number of para-hydroxylation sites is 2. The number of hydrogen-bond acceptors (Lipinski definition) is 5. The molecular formula is C24H19BrN2O4. The van der Waals surface area contributed by atoms with E-state index in [0.717, 1.165) is 4.47 Å². The highest BCUT2D eigenvalue weighted by Gasteiger charge is 2.25. The molecule has 0 saturated carbocycles. The van der Waals surface area contributed by atoms with Crippen molar-refractivity contribution in [3.05, 3.63) is 82.8 Å².